The number of carbonyl (C=O) groups is 1. The molecule has 1 amide bonds. The number of nitrogens with zero attached hydrogens (tertiary/aromatic N) is 1. The maximum Gasteiger partial charge on any atom is 0.241 e. The number of hydrogen-bond acceptors (Lipinski definition) is 3. The zero-order chi connectivity index (χ0) is 12.8. The largest absolute Gasteiger partial charge is 0.324 e. The molecule has 17 heavy (non-hydrogen) atoms. The van der Waals surface area contributed by atoms with E-state index >= 15 is 0 Å². The molecule has 0 unspecified atom stereocenters. The third-order valence-electron chi connectivity index (χ3n) is 2.30. The van der Waals surface area contributed by atoms with Crippen LogP contribution in [-0.2, 0) is 4.79 Å². The number of halogens is 1. The van der Waals surface area contributed by atoms with Gasteiger partial charge in [0.1, 0.15) is 6.07 Å². The van der Waals surface area contributed by atoms with E-state index in [1.165, 1.54) is 0 Å². The first-order chi connectivity index (χ1) is 8.08. The van der Waals surface area contributed by atoms with Gasteiger partial charge in [-0.15, -0.1) is 0 Å². The molecule has 4 nitrogen and oxygen atoms in total. The Morgan fingerprint density at radius 2 is 2.35 bits per heavy atom. The maximum atomic E-state index is 11.7. The van der Waals surface area contributed by atoms with Gasteiger partial charge in [0.15, 0.2) is 0 Å². The second kappa shape index (κ2) is 6.38. The smallest absolute Gasteiger partial charge is 0.241 e. The quantitative estimate of drug-likeness (QED) is 0.895. The monoisotopic (exact) mass is 295 g/mol. The van der Waals surface area contributed by atoms with Gasteiger partial charge in [0.25, 0.3) is 0 Å². The summed E-state index contributed by atoms with van der Waals surface area (Å²) in [6.07, 6.45) is 1.48. The number of hydrogen-bond donors (Lipinski definition) is 2. The number of nitrogens with two attached hydrogens (primary N) is 1. The number of carbonyl (C=O) groups excluding carboxylic acids is 1. The fraction of sp³-hybridized carbons (Fsp3) is 0.333. The lowest BCUT2D eigenvalue weighted by Gasteiger charge is -2.12. The first-order valence-corrected chi connectivity index (χ1v) is 6.14. The standard InChI is InChI=1S/C12H14BrN3O/c1-2-3-10(15)12(17)16-11-5-4-9(13)6-8(11)7-14/h4-6,10H,2-3,15H2,1H3,(H,16,17)/t10-/m0/s1. The van der Waals surface area contributed by atoms with E-state index in [1.807, 2.05) is 13.0 Å². The summed E-state index contributed by atoms with van der Waals surface area (Å²) in [4.78, 5) is 11.7. The van der Waals surface area contributed by atoms with E-state index < -0.39 is 6.04 Å². The Kier molecular flexibility index (Phi) is 5.13. The molecule has 0 aliphatic carbocycles. The Balaban J connectivity index is 2.82. The van der Waals surface area contributed by atoms with Gasteiger partial charge in [-0.25, -0.2) is 0 Å². The molecule has 90 valence electrons. The normalized spacial score (nSPS) is 11.6. The van der Waals surface area contributed by atoms with E-state index in [0.29, 0.717) is 17.7 Å². The van der Waals surface area contributed by atoms with Gasteiger partial charge in [-0.05, 0) is 24.6 Å². The zero-order valence-corrected chi connectivity index (χ0v) is 11.1. The summed E-state index contributed by atoms with van der Waals surface area (Å²) in [5, 5.41) is 11.6. The van der Waals surface area contributed by atoms with E-state index in [1.54, 1.807) is 18.2 Å². The first-order valence-electron chi connectivity index (χ1n) is 5.34. The average Bonchev–Trinajstić information content (AvgIpc) is 2.31. The summed E-state index contributed by atoms with van der Waals surface area (Å²) in [5.41, 5.74) is 6.60. The minimum absolute atomic E-state index is 0.259. The molecule has 0 saturated heterocycles. The van der Waals surface area contributed by atoms with Gasteiger partial charge in [0, 0.05) is 4.47 Å². The van der Waals surface area contributed by atoms with Crippen molar-refractivity contribution in [3.05, 3.63) is 28.2 Å². The minimum Gasteiger partial charge on any atom is -0.324 e. The highest BCUT2D eigenvalue weighted by Crippen LogP contribution is 2.20. The van der Waals surface area contributed by atoms with Crippen LogP contribution in [0.3, 0.4) is 0 Å². The molecule has 0 heterocycles. The lowest BCUT2D eigenvalue weighted by molar-refractivity contribution is -0.117. The molecule has 0 radical (unpaired) electrons. The summed E-state index contributed by atoms with van der Waals surface area (Å²) < 4.78 is 0.796. The van der Waals surface area contributed by atoms with Gasteiger partial charge >= 0.3 is 0 Å². The van der Waals surface area contributed by atoms with Crippen molar-refractivity contribution in [2.24, 2.45) is 5.73 Å². The molecule has 0 fully saturated rings. The van der Waals surface area contributed by atoms with Crippen LogP contribution in [0.15, 0.2) is 22.7 Å². The Labute approximate surface area is 109 Å². The molecule has 0 spiro atoms. The number of nitriles is 1. The summed E-state index contributed by atoms with van der Waals surface area (Å²) in [5.74, 6) is -0.259. The topological polar surface area (TPSA) is 78.9 Å². The third-order valence-corrected chi connectivity index (χ3v) is 2.79. The predicted octanol–water partition coefficient (Wildman–Crippen LogP) is 2.39. The van der Waals surface area contributed by atoms with Crippen LogP contribution in [0.25, 0.3) is 0 Å². The van der Waals surface area contributed by atoms with Crippen molar-refractivity contribution < 1.29 is 4.79 Å². The van der Waals surface area contributed by atoms with Crippen molar-refractivity contribution in [1.29, 1.82) is 5.26 Å². The molecule has 0 aliphatic rings. The number of benzene rings is 1. The van der Waals surface area contributed by atoms with Crippen LogP contribution in [0.1, 0.15) is 25.3 Å². The third kappa shape index (κ3) is 3.84. The molecule has 0 aliphatic heterocycles. The van der Waals surface area contributed by atoms with Crippen LogP contribution in [0.2, 0.25) is 0 Å². The molecule has 1 aromatic carbocycles. The van der Waals surface area contributed by atoms with Crippen molar-refractivity contribution >= 4 is 27.5 Å². The zero-order valence-electron chi connectivity index (χ0n) is 9.53. The van der Waals surface area contributed by atoms with Crippen LogP contribution >= 0.6 is 15.9 Å². The van der Waals surface area contributed by atoms with Crippen molar-refractivity contribution in [3.63, 3.8) is 0 Å². The molecule has 1 atom stereocenters. The van der Waals surface area contributed by atoms with Gasteiger partial charge < -0.3 is 11.1 Å². The summed E-state index contributed by atoms with van der Waals surface area (Å²) >= 11 is 3.27. The number of nitrogens with one attached hydrogen (secondary N) is 1. The fourth-order valence-electron chi connectivity index (χ4n) is 1.39. The first kappa shape index (κ1) is 13.7. The molecule has 0 aromatic heterocycles. The predicted molar refractivity (Wildman–Crippen MR) is 70.4 cm³/mol. The average molecular weight is 296 g/mol. The van der Waals surface area contributed by atoms with Crippen LogP contribution < -0.4 is 11.1 Å². The van der Waals surface area contributed by atoms with Gasteiger partial charge in [-0.3, -0.25) is 4.79 Å². The highest BCUT2D eigenvalue weighted by Gasteiger charge is 2.14. The van der Waals surface area contributed by atoms with Crippen molar-refractivity contribution in [3.8, 4) is 6.07 Å². The van der Waals surface area contributed by atoms with Gasteiger partial charge in [0.05, 0.1) is 17.3 Å². The summed E-state index contributed by atoms with van der Waals surface area (Å²) in [6.45, 7) is 1.97. The Morgan fingerprint density at radius 3 is 2.94 bits per heavy atom. The summed E-state index contributed by atoms with van der Waals surface area (Å²) in [6, 6.07) is 6.59. The second-order valence-electron chi connectivity index (χ2n) is 3.69. The molecule has 0 saturated carbocycles. The number of amides is 1. The molecular weight excluding hydrogens is 282 g/mol. The van der Waals surface area contributed by atoms with Crippen molar-refractivity contribution in [1.82, 2.24) is 0 Å². The number of rotatable bonds is 4. The molecule has 0 bridgehead atoms. The fourth-order valence-corrected chi connectivity index (χ4v) is 1.75. The van der Waals surface area contributed by atoms with Gasteiger partial charge in [0.2, 0.25) is 5.91 Å². The molecule has 1 aromatic rings. The molecular formula is C12H14BrN3O. The molecule has 3 N–H and O–H groups in total. The lowest BCUT2D eigenvalue weighted by atomic mass is 10.1. The Hall–Kier alpha value is -1.38. The number of anilines is 1. The van der Waals surface area contributed by atoms with Gasteiger partial charge in [-0.1, -0.05) is 29.3 Å². The maximum absolute atomic E-state index is 11.7. The van der Waals surface area contributed by atoms with Crippen LogP contribution in [0.4, 0.5) is 5.69 Å². The van der Waals surface area contributed by atoms with E-state index in [-0.39, 0.29) is 5.91 Å². The summed E-state index contributed by atoms with van der Waals surface area (Å²) in [7, 11) is 0. The Bertz CT molecular complexity index is 454. The van der Waals surface area contributed by atoms with E-state index in [9.17, 15) is 4.79 Å². The van der Waals surface area contributed by atoms with E-state index in [2.05, 4.69) is 21.2 Å². The molecule has 1 rings (SSSR count). The van der Waals surface area contributed by atoms with Crippen LogP contribution in [-0.4, -0.2) is 11.9 Å². The SMILES string of the molecule is CCC[C@H](N)C(=O)Nc1ccc(Br)cc1C#N. The highest BCUT2D eigenvalue weighted by molar-refractivity contribution is 9.10. The van der Waals surface area contributed by atoms with Crippen molar-refractivity contribution in [2.45, 2.75) is 25.8 Å². The van der Waals surface area contributed by atoms with Crippen LogP contribution in [0.5, 0.6) is 0 Å². The highest BCUT2D eigenvalue weighted by atomic mass is 79.9. The minimum atomic E-state index is -0.532. The van der Waals surface area contributed by atoms with Gasteiger partial charge in [-0.2, -0.15) is 5.26 Å². The van der Waals surface area contributed by atoms with Crippen LogP contribution in [0, 0.1) is 11.3 Å². The van der Waals surface area contributed by atoms with E-state index in [4.69, 9.17) is 11.0 Å². The Morgan fingerprint density at radius 1 is 1.65 bits per heavy atom. The van der Waals surface area contributed by atoms with Crippen molar-refractivity contribution in [2.75, 3.05) is 5.32 Å². The van der Waals surface area contributed by atoms with E-state index in [0.717, 1.165) is 10.9 Å². The lowest BCUT2D eigenvalue weighted by Crippen LogP contribution is -2.35. The molecule has 5 heteroatoms. The second-order valence-corrected chi connectivity index (χ2v) is 4.60.